The molecule has 110 valence electrons. The molecule has 1 amide bonds. The number of halogens is 1. The second-order valence-corrected chi connectivity index (χ2v) is 5.96. The minimum atomic E-state index is -0.143. The van der Waals surface area contributed by atoms with E-state index in [0.29, 0.717) is 28.1 Å². The molecule has 0 aliphatic carbocycles. The molecule has 0 bridgehead atoms. The number of rotatable bonds is 3. The van der Waals surface area contributed by atoms with Crippen LogP contribution in [0.4, 0.5) is 0 Å². The van der Waals surface area contributed by atoms with Crippen molar-refractivity contribution in [2.45, 2.75) is 26.4 Å². The Labute approximate surface area is 131 Å². The number of carbonyl (C=O) groups excluding carboxylic acids is 1. The first-order chi connectivity index (χ1) is 10.1. The van der Waals surface area contributed by atoms with Crippen LogP contribution in [-0.2, 0) is 6.42 Å². The van der Waals surface area contributed by atoms with Crippen molar-refractivity contribution in [3.63, 3.8) is 0 Å². The number of hydrogen-bond donors (Lipinski definition) is 1. The topological polar surface area (TPSA) is 51.5 Å². The van der Waals surface area contributed by atoms with Gasteiger partial charge in [-0.1, -0.05) is 18.2 Å². The van der Waals surface area contributed by atoms with Crippen molar-refractivity contribution >= 4 is 21.8 Å². The number of hydrogen-bond acceptors (Lipinski definition) is 3. The van der Waals surface area contributed by atoms with Gasteiger partial charge in [0.1, 0.15) is 23.4 Å². The lowest BCUT2D eigenvalue weighted by Crippen LogP contribution is -2.34. The molecule has 5 heteroatoms. The number of para-hydroxylation sites is 1. The molecular weight excluding hydrogens is 334 g/mol. The summed E-state index contributed by atoms with van der Waals surface area (Å²) in [5.74, 6) is 2.10. The van der Waals surface area contributed by atoms with Gasteiger partial charge in [-0.15, -0.1) is 0 Å². The Hall–Kier alpha value is -1.75. The summed E-state index contributed by atoms with van der Waals surface area (Å²) in [5.41, 5.74) is 1.75. The van der Waals surface area contributed by atoms with Crippen LogP contribution in [-0.4, -0.2) is 18.6 Å². The van der Waals surface area contributed by atoms with Gasteiger partial charge in [0.2, 0.25) is 0 Å². The lowest BCUT2D eigenvalue weighted by molar-refractivity contribution is 0.0931. The molecule has 1 aliphatic rings. The number of aryl methyl sites for hydroxylation is 2. The van der Waals surface area contributed by atoms with Crippen LogP contribution in [0.15, 0.2) is 33.2 Å². The lowest BCUT2D eigenvalue weighted by atomic mass is 10.1. The summed E-state index contributed by atoms with van der Waals surface area (Å²) in [7, 11) is 0. The Morgan fingerprint density at radius 1 is 1.33 bits per heavy atom. The summed E-state index contributed by atoms with van der Waals surface area (Å²) in [6.45, 7) is 4.09. The first-order valence-corrected chi connectivity index (χ1v) is 7.64. The van der Waals surface area contributed by atoms with Crippen molar-refractivity contribution in [2.75, 3.05) is 6.54 Å². The maximum absolute atomic E-state index is 12.3. The van der Waals surface area contributed by atoms with E-state index in [2.05, 4.69) is 27.3 Å². The molecule has 4 nitrogen and oxygen atoms in total. The van der Waals surface area contributed by atoms with Crippen LogP contribution < -0.4 is 10.1 Å². The lowest BCUT2D eigenvalue weighted by Gasteiger charge is -2.11. The molecule has 0 spiro atoms. The first-order valence-electron chi connectivity index (χ1n) is 6.84. The number of carbonyl (C=O) groups is 1. The number of nitrogens with one attached hydrogen (secondary N) is 1. The smallest absolute Gasteiger partial charge is 0.256 e. The van der Waals surface area contributed by atoms with E-state index in [1.54, 1.807) is 6.92 Å². The highest BCUT2D eigenvalue weighted by molar-refractivity contribution is 9.10. The zero-order valence-corrected chi connectivity index (χ0v) is 13.5. The molecular formula is C16H16BrNO3. The summed E-state index contributed by atoms with van der Waals surface area (Å²) >= 11 is 3.39. The molecule has 21 heavy (non-hydrogen) atoms. The Balaban J connectivity index is 1.63. The van der Waals surface area contributed by atoms with Gasteiger partial charge in [0.25, 0.3) is 5.91 Å². The fraction of sp³-hybridized carbons (Fsp3) is 0.312. The second kappa shape index (κ2) is 5.56. The molecule has 2 heterocycles. The molecule has 1 aromatic heterocycles. The average molecular weight is 350 g/mol. The quantitative estimate of drug-likeness (QED) is 0.923. The Morgan fingerprint density at radius 3 is 2.76 bits per heavy atom. The summed E-state index contributed by atoms with van der Waals surface area (Å²) in [4.78, 5) is 12.3. The predicted octanol–water partition coefficient (Wildman–Crippen LogP) is 3.39. The van der Waals surface area contributed by atoms with Crippen molar-refractivity contribution in [1.82, 2.24) is 5.32 Å². The Kier molecular flexibility index (Phi) is 3.76. The van der Waals surface area contributed by atoms with E-state index < -0.39 is 0 Å². The summed E-state index contributed by atoms with van der Waals surface area (Å²) in [6, 6.07) is 7.96. The van der Waals surface area contributed by atoms with Crippen molar-refractivity contribution in [3.05, 3.63) is 51.4 Å². The summed E-state index contributed by atoms with van der Waals surface area (Å²) in [5, 5.41) is 2.92. The SMILES string of the molecule is Cc1oc(C)c(C(=O)NCC2Cc3ccccc3O2)c1Br. The van der Waals surface area contributed by atoms with Gasteiger partial charge in [0, 0.05) is 6.42 Å². The number of benzene rings is 1. The van der Waals surface area contributed by atoms with Crippen LogP contribution in [0, 0.1) is 13.8 Å². The molecule has 0 saturated heterocycles. The number of amides is 1. The predicted molar refractivity (Wildman–Crippen MR) is 82.8 cm³/mol. The summed E-state index contributed by atoms with van der Waals surface area (Å²) in [6.07, 6.45) is 0.805. The van der Waals surface area contributed by atoms with Crippen LogP contribution in [0.2, 0.25) is 0 Å². The van der Waals surface area contributed by atoms with Crippen molar-refractivity contribution in [2.24, 2.45) is 0 Å². The molecule has 1 aliphatic heterocycles. The standard InChI is InChI=1S/C16H16BrNO3/c1-9-14(15(17)10(2)20-9)16(19)18-8-12-7-11-5-3-4-6-13(11)21-12/h3-6,12H,7-8H2,1-2H3,(H,18,19). The first kappa shape index (κ1) is 14.2. The monoisotopic (exact) mass is 349 g/mol. The maximum Gasteiger partial charge on any atom is 0.256 e. The fourth-order valence-corrected chi connectivity index (χ4v) is 3.12. The largest absolute Gasteiger partial charge is 0.488 e. The van der Waals surface area contributed by atoms with Crippen molar-refractivity contribution < 1.29 is 13.9 Å². The van der Waals surface area contributed by atoms with Gasteiger partial charge in [0.15, 0.2) is 0 Å². The normalized spacial score (nSPS) is 16.4. The summed E-state index contributed by atoms with van der Waals surface area (Å²) < 4.78 is 12.0. The number of furan rings is 1. The van der Waals surface area contributed by atoms with Gasteiger partial charge >= 0.3 is 0 Å². The van der Waals surface area contributed by atoms with E-state index in [4.69, 9.17) is 9.15 Å². The highest BCUT2D eigenvalue weighted by Gasteiger charge is 2.25. The number of ether oxygens (including phenoxy) is 1. The van der Waals surface area contributed by atoms with Crippen LogP contribution in [0.3, 0.4) is 0 Å². The highest BCUT2D eigenvalue weighted by Crippen LogP contribution is 2.29. The minimum absolute atomic E-state index is 0.0153. The van der Waals surface area contributed by atoms with E-state index in [9.17, 15) is 4.79 Å². The molecule has 0 saturated carbocycles. The van der Waals surface area contributed by atoms with Crippen molar-refractivity contribution in [1.29, 1.82) is 0 Å². The van der Waals surface area contributed by atoms with E-state index in [-0.39, 0.29) is 12.0 Å². The molecule has 1 aromatic carbocycles. The highest BCUT2D eigenvalue weighted by atomic mass is 79.9. The van der Waals surface area contributed by atoms with Gasteiger partial charge < -0.3 is 14.5 Å². The van der Waals surface area contributed by atoms with E-state index in [1.807, 2.05) is 25.1 Å². The van der Waals surface area contributed by atoms with Crippen LogP contribution in [0.5, 0.6) is 5.75 Å². The van der Waals surface area contributed by atoms with Crippen LogP contribution in [0.1, 0.15) is 27.4 Å². The van der Waals surface area contributed by atoms with E-state index in [1.165, 1.54) is 5.56 Å². The van der Waals surface area contributed by atoms with E-state index in [0.717, 1.165) is 12.2 Å². The molecule has 0 fully saturated rings. The van der Waals surface area contributed by atoms with Crippen molar-refractivity contribution in [3.8, 4) is 5.75 Å². The van der Waals surface area contributed by atoms with Gasteiger partial charge in [-0.3, -0.25) is 4.79 Å². The van der Waals surface area contributed by atoms with Crippen LogP contribution >= 0.6 is 15.9 Å². The van der Waals surface area contributed by atoms with E-state index >= 15 is 0 Å². The van der Waals surface area contributed by atoms with Gasteiger partial charge in [-0.2, -0.15) is 0 Å². The minimum Gasteiger partial charge on any atom is -0.488 e. The van der Waals surface area contributed by atoms with Gasteiger partial charge in [0.05, 0.1) is 16.6 Å². The molecule has 1 atom stereocenters. The van der Waals surface area contributed by atoms with Crippen LogP contribution in [0.25, 0.3) is 0 Å². The van der Waals surface area contributed by atoms with Gasteiger partial charge in [-0.05, 0) is 41.4 Å². The van der Waals surface area contributed by atoms with Gasteiger partial charge in [-0.25, -0.2) is 0 Å². The molecule has 0 radical (unpaired) electrons. The zero-order valence-electron chi connectivity index (χ0n) is 11.9. The third-order valence-corrected chi connectivity index (χ3v) is 4.57. The molecule has 2 aromatic rings. The molecule has 3 rings (SSSR count). The molecule has 1 unspecified atom stereocenters. The average Bonchev–Trinajstić information content (AvgIpc) is 2.97. The zero-order chi connectivity index (χ0) is 15.0. The third kappa shape index (κ3) is 2.70. The Morgan fingerprint density at radius 2 is 2.10 bits per heavy atom. The fourth-order valence-electron chi connectivity index (χ4n) is 2.58. The third-order valence-electron chi connectivity index (χ3n) is 3.62. The number of fused-ring (bicyclic) bond motifs is 1. The maximum atomic E-state index is 12.3. The second-order valence-electron chi connectivity index (χ2n) is 5.17. The molecule has 1 N–H and O–H groups in total. The Bertz CT molecular complexity index is 668.